The van der Waals surface area contributed by atoms with E-state index in [9.17, 15) is 5.11 Å². The van der Waals surface area contributed by atoms with Gasteiger partial charge >= 0.3 is 0 Å². The number of aliphatic hydroxyl groups is 1. The molecule has 0 heterocycles. The molecule has 1 aromatic rings. The quantitative estimate of drug-likeness (QED) is 0.745. The van der Waals surface area contributed by atoms with Gasteiger partial charge < -0.3 is 14.7 Å². The van der Waals surface area contributed by atoms with Crippen LogP contribution >= 0.6 is 0 Å². The summed E-state index contributed by atoms with van der Waals surface area (Å²) in [4.78, 5) is 2.22. The standard InChI is InChI=1S/C16H27NO2/c1-4-15(5-2)17(3)11-16(18)13-19-12-14-9-7-6-8-10-14/h6-10,15-16,18H,4-5,11-13H2,1-3H3. The fraction of sp³-hybridized carbons (Fsp3) is 0.625. The lowest BCUT2D eigenvalue weighted by atomic mass is 10.1. The SMILES string of the molecule is CCC(CC)N(C)CC(O)COCc1ccccc1. The Morgan fingerprint density at radius 1 is 1.16 bits per heavy atom. The number of benzene rings is 1. The average molecular weight is 265 g/mol. The Bertz CT molecular complexity index is 325. The lowest BCUT2D eigenvalue weighted by molar-refractivity contribution is 0.00703. The Balaban J connectivity index is 2.22. The van der Waals surface area contributed by atoms with Crippen molar-refractivity contribution in [1.29, 1.82) is 0 Å². The van der Waals surface area contributed by atoms with E-state index in [1.54, 1.807) is 0 Å². The van der Waals surface area contributed by atoms with Crippen LogP contribution in [0.15, 0.2) is 30.3 Å². The second-order valence-electron chi connectivity index (χ2n) is 5.06. The smallest absolute Gasteiger partial charge is 0.0900 e. The zero-order valence-corrected chi connectivity index (χ0v) is 12.4. The number of ether oxygens (including phenoxy) is 1. The van der Waals surface area contributed by atoms with E-state index in [0.717, 1.165) is 18.4 Å². The van der Waals surface area contributed by atoms with E-state index in [2.05, 4.69) is 25.8 Å². The van der Waals surface area contributed by atoms with Crippen molar-refractivity contribution in [2.75, 3.05) is 20.2 Å². The van der Waals surface area contributed by atoms with Gasteiger partial charge in [-0.2, -0.15) is 0 Å². The molecule has 0 amide bonds. The summed E-state index contributed by atoms with van der Waals surface area (Å²) in [6.07, 6.45) is 1.81. The summed E-state index contributed by atoms with van der Waals surface area (Å²) in [7, 11) is 2.07. The highest BCUT2D eigenvalue weighted by Crippen LogP contribution is 2.07. The first-order chi connectivity index (χ1) is 9.17. The normalized spacial score (nSPS) is 13.2. The lowest BCUT2D eigenvalue weighted by Gasteiger charge is -2.28. The van der Waals surface area contributed by atoms with Crippen molar-refractivity contribution in [2.45, 2.75) is 45.4 Å². The molecular weight excluding hydrogens is 238 g/mol. The van der Waals surface area contributed by atoms with Crippen molar-refractivity contribution in [3.63, 3.8) is 0 Å². The molecule has 0 saturated heterocycles. The Morgan fingerprint density at radius 2 is 1.79 bits per heavy atom. The fourth-order valence-electron chi connectivity index (χ4n) is 2.33. The summed E-state index contributed by atoms with van der Waals surface area (Å²) in [5.74, 6) is 0. The van der Waals surface area contributed by atoms with Crippen molar-refractivity contribution < 1.29 is 9.84 Å². The molecule has 1 atom stereocenters. The molecule has 19 heavy (non-hydrogen) atoms. The number of rotatable bonds is 9. The molecule has 0 aliphatic heterocycles. The second kappa shape index (κ2) is 9.08. The van der Waals surface area contributed by atoms with Gasteiger partial charge in [0.1, 0.15) is 0 Å². The highest BCUT2D eigenvalue weighted by Gasteiger charge is 2.14. The largest absolute Gasteiger partial charge is 0.389 e. The van der Waals surface area contributed by atoms with E-state index in [-0.39, 0.29) is 0 Å². The summed E-state index contributed by atoms with van der Waals surface area (Å²) < 4.78 is 5.55. The van der Waals surface area contributed by atoms with Crippen molar-refractivity contribution in [3.8, 4) is 0 Å². The van der Waals surface area contributed by atoms with Gasteiger partial charge in [-0.3, -0.25) is 0 Å². The van der Waals surface area contributed by atoms with E-state index in [0.29, 0.717) is 25.8 Å². The molecule has 0 bridgehead atoms. The molecule has 0 saturated carbocycles. The zero-order valence-electron chi connectivity index (χ0n) is 12.4. The predicted octanol–water partition coefficient (Wildman–Crippen LogP) is 2.68. The first kappa shape index (κ1) is 16.2. The van der Waals surface area contributed by atoms with Crippen LogP contribution in [0.2, 0.25) is 0 Å². The molecule has 3 nitrogen and oxygen atoms in total. The topological polar surface area (TPSA) is 32.7 Å². The van der Waals surface area contributed by atoms with Crippen LogP contribution in [0.3, 0.4) is 0 Å². The fourth-order valence-corrected chi connectivity index (χ4v) is 2.33. The van der Waals surface area contributed by atoms with Crippen LogP contribution in [-0.4, -0.2) is 42.4 Å². The van der Waals surface area contributed by atoms with Gasteiger partial charge in [-0.25, -0.2) is 0 Å². The molecule has 0 radical (unpaired) electrons. The summed E-state index contributed by atoms with van der Waals surface area (Å²) in [5.41, 5.74) is 1.14. The first-order valence-electron chi connectivity index (χ1n) is 7.17. The third kappa shape index (κ3) is 6.19. The molecule has 108 valence electrons. The minimum Gasteiger partial charge on any atom is -0.389 e. The van der Waals surface area contributed by atoms with E-state index in [4.69, 9.17) is 4.74 Å². The Kier molecular flexibility index (Phi) is 7.72. The number of hydrogen-bond acceptors (Lipinski definition) is 3. The minimum absolute atomic E-state index is 0.388. The highest BCUT2D eigenvalue weighted by molar-refractivity contribution is 5.13. The summed E-state index contributed by atoms with van der Waals surface area (Å²) in [6, 6.07) is 10.6. The van der Waals surface area contributed by atoms with Gasteiger partial charge in [0.25, 0.3) is 0 Å². The van der Waals surface area contributed by atoms with Crippen LogP contribution in [0.1, 0.15) is 32.3 Å². The predicted molar refractivity (Wildman–Crippen MR) is 79.1 cm³/mol. The molecule has 0 aliphatic rings. The summed E-state index contributed by atoms with van der Waals surface area (Å²) in [6.45, 7) is 5.99. The Hall–Kier alpha value is -0.900. The van der Waals surface area contributed by atoms with Crippen molar-refractivity contribution >= 4 is 0 Å². The van der Waals surface area contributed by atoms with Gasteiger partial charge in [0, 0.05) is 12.6 Å². The number of likely N-dealkylation sites (N-methyl/N-ethyl adjacent to an activating group) is 1. The molecule has 1 unspecified atom stereocenters. The first-order valence-corrected chi connectivity index (χ1v) is 7.17. The number of nitrogens with zero attached hydrogens (tertiary/aromatic N) is 1. The molecule has 1 N–H and O–H groups in total. The van der Waals surface area contributed by atoms with Crippen molar-refractivity contribution in [2.24, 2.45) is 0 Å². The van der Waals surface area contributed by atoms with Gasteiger partial charge in [-0.05, 0) is 25.5 Å². The summed E-state index contributed by atoms with van der Waals surface area (Å²) >= 11 is 0. The van der Waals surface area contributed by atoms with Gasteiger partial charge in [0.2, 0.25) is 0 Å². The third-order valence-electron chi connectivity index (χ3n) is 3.49. The molecular formula is C16H27NO2. The maximum Gasteiger partial charge on any atom is 0.0900 e. The van der Waals surface area contributed by atoms with Crippen LogP contribution in [0.25, 0.3) is 0 Å². The van der Waals surface area contributed by atoms with E-state index in [1.807, 2.05) is 30.3 Å². The zero-order chi connectivity index (χ0) is 14.1. The van der Waals surface area contributed by atoms with Crippen LogP contribution < -0.4 is 0 Å². The average Bonchev–Trinajstić information content (AvgIpc) is 2.41. The van der Waals surface area contributed by atoms with E-state index >= 15 is 0 Å². The van der Waals surface area contributed by atoms with E-state index < -0.39 is 6.10 Å². The lowest BCUT2D eigenvalue weighted by Crippen LogP contribution is -2.38. The Labute approximate surface area is 117 Å². The summed E-state index contributed by atoms with van der Waals surface area (Å²) in [5, 5.41) is 9.97. The minimum atomic E-state index is -0.422. The maximum atomic E-state index is 9.97. The Morgan fingerprint density at radius 3 is 2.37 bits per heavy atom. The van der Waals surface area contributed by atoms with Gasteiger partial charge in [-0.15, -0.1) is 0 Å². The third-order valence-corrected chi connectivity index (χ3v) is 3.49. The van der Waals surface area contributed by atoms with Gasteiger partial charge in [-0.1, -0.05) is 44.2 Å². The van der Waals surface area contributed by atoms with Gasteiger partial charge in [0.05, 0.1) is 19.3 Å². The van der Waals surface area contributed by atoms with Crippen molar-refractivity contribution in [1.82, 2.24) is 4.90 Å². The van der Waals surface area contributed by atoms with Gasteiger partial charge in [0.15, 0.2) is 0 Å². The molecule has 1 aromatic carbocycles. The monoisotopic (exact) mass is 265 g/mol. The molecule has 0 aromatic heterocycles. The van der Waals surface area contributed by atoms with Crippen LogP contribution in [0, 0.1) is 0 Å². The van der Waals surface area contributed by atoms with Crippen LogP contribution in [0.4, 0.5) is 0 Å². The molecule has 1 rings (SSSR count). The van der Waals surface area contributed by atoms with Crippen LogP contribution in [0.5, 0.6) is 0 Å². The van der Waals surface area contributed by atoms with Crippen LogP contribution in [-0.2, 0) is 11.3 Å². The highest BCUT2D eigenvalue weighted by atomic mass is 16.5. The van der Waals surface area contributed by atoms with Crippen molar-refractivity contribution in [3.05, 3.63) is 35.9 Å². The maximum absolute atomic E-state index is 9.97. The molecule has 0 aliphatic carbocycles. The molecule has 0 fully saturated rings. The molecule has 0 spiro atoms. The van der Waals surface area contributed by atoms with E-state index in [1.165, 1.54) is 0 Å². The number of hydrogen-bond donors (Lipinski definition) is 1. The second-order valence-corrected chi connectivity index (χ2v) is 5.06. The molecule has 3 heteroatoms. The number of aliphatic hydroxyl groups excluding tert-OH is 1.